The van der Waals surface area contributed by atoms with Gasteiger partial charge in [0.2, 0.25) is 5.91 Å². The molecule has 1 amide bonds. The molecular formula is C20H27N3O3. The van der Waals surface area contributed by atoms with Crippen LogP contribution >= 0.6 is 0 Å². The number of piperazine rings is 1. The van der Waals surface area contributed by atoms with Crippen LogP contribution in [0.4, 0.5) is 0 Å². The number of methoxy groups -OCH3 is 1. The molecule has 0 bridgehead atoms. The second-order valence-electron chi connectivity index (χ2n) is 6.63. The molecule has 2 heterocycles. The van der Waals surface area contributed by atoms with Crippen molar-refractivity contribution in [2.24, 2.45) is 0 Å². The highest BCUT2D eigenvalue weighted by Crippen LogP contribution is 2.13. The predicted octanol–water partition coefficient (Wildman–Crippen LogP) is 2.11. The molecule has 1 unspecified atom stereocenters. The minimum Gasteiger partial charge on any atom is -0.497 e. The lowest BCUT2D eigenvalue weighted by molar-refractivity contribution is -0.126. The van der Waals surface area contributed by atoms with E-state index in [9.17, 15) is 4.79 Å². The van der Waals surface area contributed by atoms with E-state index >= 15 is 0 Å². The summed E-state index contributed by atoms with van der Waals surface area (Å²) in [6.45, 7) is 7.00. The van der Waals surface area contributed by atoms with E-state index in [0.29, 0.717) is 6.54 Å². The molecule has 0 spiro atoms. The molecule has 1 N–H and O–H groups in total. The topological polar surface area (TPSA) is 58.0 Å². The number of carbonyl (C=O) groups excluding carboxylic acids is 1. The minimum absolute atomic E-state index is 0.0697. The highest BCUT2D eigenvalue weighted by molar-refractivity contribution is 5.81. The second-order valence-corrected chi connectivity index (χ2v) is 6.63. The van der Waals surface area contributed by atoms with Gasteiger partial charge in [-0.2, -0.15) is 0 Å². The molecule has 2 aromatic rings. The molecule has 1 saturated heterocycles. The number of benzene rings is 1. The largest absolute Gasteiger partial charge is 0.497 e. The number of hydrogen-bond donors (Lipinski definition) is 1. The molecule has 26 heavy (non-hydrogen) atoms. The molecule has 0 radical (unpaired) electrons. The summed E-state index contributed by atoms with van der Waals surface area (Å²) in [4.78, 5) is 17.1. The molecular weight excluding hydrogens is 330 g/mol. The summed E-state index contributed by atoms with van der Waals surface area (Å²) in [6, 6.07) is 11.5. The first-order valence-corrected chi connectivity index (χ1v) is 9.05. The van der Waals surface area contributed by atoms with Crippen LogP contribution in [0.5, 0.6) is 5.75 Å². The standard InChI is InChI=1S/C20H27N3O3/c1-16(20(24)21-14-17-5-7-18(25-2)8-6-17)23-11-9-22(10-12-23)15-19-4-3-13-26-19/h3-8,13,16H,9-12,14-15H2,1-2H3,(H,21,24). The van der Waals surface area contributed by atoms with Crippen molar-refractivity contribution in [3.05, 3.63) is 54.0 Å². The van der Waals surface area contributed by atoms with E-state index in [1.54, 1.807) is 13.4 Å². The number of carbonyl (C=O) groups is 1. The molecule has 1 aromatic heterocycles. The summed E-state index contributed by atoms with van der Waals surface area (Å²) in [6.07, 6.45) is 1.71. The molecule has 1 aliphatic heterocycles. The van der Waals surface area contributed by atoms with Gasteiger partial charge in [0.25, 0.3) is 0 Å². The third-order valence-corrected chi connectivity index (χ3v) is 4.92. The molecule has 1 aromatic carbocycles. The second kappa shape index (κ2) is 8.87. The van der Waals surface area contributed by atoms with E-state index in [-0.39, 0.29) is 11.9 Å². The number of nitrogens with zero attached hydrogens (tertiary/aromatic N) is 2. The van der Waals surface area contributed by atoms with Crippen molar-refractivity contribution >= 4 is 5.91 Å². The minimum atomic E-state index is -0.126. The van der Waals surface area contributed by atoms with Crippen LogP contribution < -0.4 is 10.1 Å². The van der Waals surface area contributed by atoms with Crippen molar-refractivity contribution in [3.63, 3.8) is 0 Å². The van der Waals surface area contributed by atoms with Gasteiger partial charge in [-0.25, -0.2) is 0 Å². The van der Waals surface area contributed by atoms with Gasteiger partial charge in [-0.05, 0) is 36.8 Å². The number of nitrogens with one attached hydrogen (secondary N) is 1. The summed E-state index contributed by atoms with van der Waals surface area (Å²) < 4.78 is 10.6. The Morgan fingerprint density at radius 2 is 1.92 bits per heavy atom. The van der Waals surface area contributed by atoms with Crippen molar-refractivity contribution in [2.75, 3.05) is 33.3 Å². The lowest BCUT2D eigenvalue weighted by atomic mass is 10.2. The van der Waals surface area contributed by atoms with Crippen LogP contribution in [0.15, 0.2) is 47.1 Å². The van der Waals surface area contributed by atoms with Crippen molar-refractivity contribution in [1.82, 2.24) is 15.1 Å². The fourth-order valence-corrected chi connectivity index (χ4v) is 3.18. The first-order chi connectivity index (χ1) is 12.7. The summed E-state index contributed by atoms with van der Waals surface area (Å²) in [5.41, 5.74) is 1.06. The Hall–Kier alpha value is -2.31. The third kappa shape index (κ3) is 4.86. The third-order valence-electron chi connectivity index (χ3n) is 4.92. The first kappa shape index (κ1) is 18.5. The zero-order chi connectivity index (χ0) is 18.4. The van der Waals surface area contributed by atoms with Gasteiger partial charge in [0.15, 0.2) is 0 Å². The van der Waals surface area contributed by atoms with E-state index in [0.717, 1.165) is 49.8 Å². The quantitative estimate of drug-likeness (QED) is 0.822. The van der Waals surface area contributed by atoms with E-state index in [4.69, 9.17) is 9.15 Å². The average Bonchev–Trinajstić information content (AvgIpc) is 3.19. The molecule has 6 heteroatoms. The molecule has 6 nitrogen and oxygen atoms in total. The maximum absolute atomic E-state index is 12.5. The predicted molar refractivity (Wildman–Crippen MR) is 99.9 cm³/mol. The first-order valence-electron chi connectivity index (χ1n) is 9.05. The van der Waals surface area contributed by atoms with Crippen molar-refractivity contribution < 1.29 is 13.9 Å². The van der Waals surface area contributed by atoms with Crippen LogP contribution in [0.1, 0.15) is 18.2 Å². The van der Waals surface area contributed by atoms with Crippen LogP contribution in [0.25, 0.3) is 0 Å². The van der Waals surface area contributed by atoms with E-state index < -0.39 is 0 Å². The lowest BCUT2D eigenvalue weighted by Crippen LogP contribution is -2.53. The highest BCUT2D eigenvalue weighted by Gasteiger charge is 2.25. The van der Waals surface area contributed by atoms with E-state index in [1.807, 2.05) is 43.3 Å². The Kier molecular flexibility index (Phi) is 6.30. The van der Waals surface area contributed by atoms with Crippen molar-refractivity contribution in [1.29, 1.82) is 0 Å². The van der Waals surface area contributed by atoms with Crippen LogP contribution in [0.2, 0.25) is 0 Å². The van der Waals surface area contributed by atoms with Gasteiger partial charge in [0.1, 0.15) is 11.5 Å². The summed E-state index contributed by atoms with van der Waals surface area (Å²) in [5, 5.41) is 3.03. The van der Waals surface area contributed by atoms with Gasteiger partial charge >= 0.3 is 0 Å². The Labute approximate surface area is 154 Å². The normalized spacial score (nSPS) is 17.0. The molecule has 1 atom stereocenters. The molecule has 0 aliphatic carbocycles. The monoisotopic (exact) mass is 357 g/mol. The fraction of sp³-hybridized carbons (Fsp3) is 0.450. The summed E-state index contributed by atoms with van der Waals surface area (Å²) >= 11 is 0. The maximum Gasteiger partial charge on any atom is 0.237 e. The number of ether oxygens (including phenoxy) is 1. The summed E-state index contributed by atoms with van der Waals surface area (Å²) in [7, 11) is 1.65. The zero-order valence-electron chi connectivity index (χ0n) is 15.5. The molecule has 1 fully saturated rings. The van der Waals surface area contributed by atoms with Gasteiger partial charge in [-0.3, -0.25) is 14.6 Å². The summed E-state index contributed by atoms with van der Waals surface area (Å²) in [5.74, 6) is 1.88. The van der Waals surface area contributed by atoms with Crippen molar-refractivity contribution in [3.8, 4) is 5.75 Å². The van der Waals surface area contributed by atoms with Gasteiger partial charge in [0, 0.05) is 32.7 Å². The van der Waals surface area contributed by atoms with Crippen LogP contribution in [-0.4, -0.2) is 55.0 Å². The average molecular weight is 357 g/mol. The van der Waals surface area contributed by atoms with Crippen molar-refractivity contribution in [2.45, 2.75) is 26.1 Å². The van der Waals surface area contributed by atoms with Gasteiger partial charge in [-0.1, -0.05) is 12.1 Å². The van der Waals surface area contributed by atoms with Gasteiger partial charge < -0.3 is 14.5 Å². The molecule has 3 rings (SSSR count). The lowest BCUT2D eigenvalue weighted by Gasteiger charge is -2.37. The van der Waals surface area contributed by atoms with Gasteiger partial charge in [0.05, 0.1) is 26.0 Å². The van der Waals surface area contributed by atoms with E-state index in [1.165, 1.54) is 0 Å². The SMILES string of the molecule is COc1ccc(CNC(=O)C(C)N2CCN(Cc3ccco3)CC2)cc1. The van der Waals surface area contributed by atoms with Gasteiger partial charge in [-0.15, -0.1) is 0 Å². The Morgan fingerprint density at radius 1 is 1.19 bits per heavy atom. The Bertz CT molecular complexity index is 677. The van der Waals surface area contributed by atoms with Crippen LogP contribution in [0.3, 0.4) is 0 Å². The fourth-order valence-electron chi connectivity index (χ4n) is 3.18. The Morgan fingerprint density at radius 3 is 2.54 bits per heavy atom. The van der Waals surface area contributed by atoms with E-state index in [2.05, 4.69) is 15.1 Å². The zero-order valence-corrected chi connectivity index (χ0v) is 15.5. The molecule has 140 valence electrons. The highest BCUT2D eigenvalue weighted by atomic mass is 16.5. The molecule has 1 aliphatic rings. The Balaban J connectivity index is 1.42. The maximum atomic E-state index is 12.5. The smallest absolute Gasteiger partial charge is 0.237 e. The molecule has 0 saturated carbocycles. The number of furan rings is 1. The number of hydrogen-bond acceptors (Lipinski definition) is 5. The number of amides is 1. The van der Waals surface area contributed by atoms with Crippen LogP contribution in [0, 0.1) is 0 Å². The van der Waals surface area contributed by atoms with Crippen LogP contribution in [-0.2, 0) is 17.9 Å². The number of rotatable bonds is 7.